The first-order valence-electron chi connectivity index (χ1n) is 8.50. The van der Waals surface area contributed by atoms with Gasteiger partial charge in [-0.25, -0.2) is 17.2 Å². The molecular formula is C20H15ClF2N2O4S. The summed E-state index contributed by atoms with van der Waals surface area (Å²) in [5.41, 5.74) is -0.211. The summed E-state index contributed by atoms with van der Waals surface area (Å²) in [6.45, 7) is -0.595. The fourth-order valence-corrected chi connectivity index (χ4v) is 3.81. The zero-order valence-electron chi connectivity index (χ0n) is 15.2. The largest absolute Gasteiger partial charge is 0.482 e. The number of ether oxygens (including phenoxy) is 1. The number of halogens is 3. The highest BCUT2D eigenvalue weighted by molar-refractivity contribution is 7.92. The Morgan fingerprint density at radius 3 is 2.27 bits per heavy atom. The average molecular weight is 453 g/mol. The molecule has 0 aliphatic rings. The number of benzene rings is 3. The number of sulfonamides is 1. The van der Waals surface area contributed by atoms with Gasteiger partial charge in [0.05, 0.1) is 9.92 Å². The Labute approximate surface area is 176 Å². The van der Waals surface area contributed by atoms with Crippen molar-refractivity contribution in [3.63, 3.8) is 0 Å². The van der Waals surface area contributed by atoms with Gasteiger partial charge in [-0.1, -0.05) is 35.9 Å². The van der Waals surface area contributed by atoms with Gasteiger partial charge in [-0.15, -0.1) is 0 Å². The van der Waals surface area contributed by atoms with E-state index in [1.54, 1.807) is 30.3 Å². The van der Waals surface area contributed by atoms with Crippen LogP contribution in [0.25, 0.3) is 0 Å². The van der Waals surface area contributed by atoms with Crippen LogP contribution in [0.1, 0.15) is 0 Å². The Hall–Kier alpha value is -3.17. The summed E-state index contributed by atoms with van der Waals surface area (Å²) in [6, 6.07) is 15.1. The number of para-hydroxylation sites is 2. The molecule has 0 aliphatic carbocycles. The van der Waals surface area contributed by atoms with Crippen molar-refractivity contribution >= 4 is 38.9 Å². The van der Waals surface area contributed by atoms with Crippen molar-refractivity contribution in [1.29, 1.82) is 0 Å². The highest BCUT2D eigenvalue weighted by atomic mass is 35.5. The van der Waals surface area contributed by atoms with Crippen molar-refractivity contribution in [3.05, 3.63) is 83.4 Å². The number of hydrogen-bond acceptors (Lipinski definition) is 4. The minimum absolute atomic E-state index is 0.0273. The van der Waals surface area contributed by atoms with Gasteiger partial charge in [0.1, 0.15) is 23.1 Å². The van der Waals surface area contributed by atoms with Crippen molar-refractivity contribution < 1.29 is 26.7 Å². The summed E-state index contributed by atoms with van der Waals surface area (Å²) in [5.74, 6) is -2.65. The van der Waals surface area contributed by atoms with E-state index in [2.05, 4.69) is 10.0 Å². The molecular weight excluding hydrogens is 438 g/mol. The van der Waals surface area contributed by atoms with Crippen molar-refractivity contribution in [2.45, 2.75) is 4.90 Å². The van der Waals surface area contributed by atoms with E-state index in [0.29, 0.717) is 5.69 Å². The molecule has 10 heteroatoms. The lowest BCUT2D eigenvalue weighted by Crippen LogP contribution is -2.21. The number of amides is 1. The Balaban J connectivity index is 1.66. The third-order valence-corrected chi connectivity index (χ3v) is 5.50. The summed E-state index contributed by atoms with van der Waals surface area (Å²) in [6.07, 6.45) is 0. The molecule has 1 amide bonds. The smallest absolute Gasteiger partial charge is 0.262 e. The highest BCUT2D eigenvalue weighted by Crippen LogP contribution is 2.28. The molecule has 0 radical (unpaired) electrons. The Morgan fingerprint density at radius 2 is 1.63 bits per heavy atom. The first-order chi connectivity index (χ1) is 14.3. The standard InChI is InChI=1S/C20H15ClF2N2O4S/c21-15-11-14(30(27,28)25-13-5-2-1-3-6-13)9-10-18(15)29-12-19(26)24-20-16(22)7-4-8-17(20)23/h1-11,25H,12H2,(H,24,26). The molecule has 0 aromatic heterocycles. The lowest BCUT2D eigenvalue weighted by molar-refractivity contribution is -0.118. The highest BCUT2D eigenvalue weighted by Gasteiger charge is 2.17. The van der Waals surface area contributed by atoms with Crippen molar-refractivity contribution in [3.8, 4) is 5.75 Å². The summed E-state index contributed by atoms with van der Waals surface area (Å²) in [7, 11) is -3.89. The van der Waals surface area contributed by atoms with Gasteiger partial charge in [0.15, 0.2) is 6.61 Å². The third kappa shape index (κ3) is 5.25. The predicted octanol–water partition coefficient (Wildman–Crippen LogP) is 4.44. The molecule has 6 nitrogen and oxygen atoms in total. The summed E-state index contributed by atoms with van der Waals surface area (Å²) in [5, 5.41) is 2.01. The number of carbonyl (C=O) groups is 1. The van der Waals surface area contributed by atoms with Crippen LogP contribution in [0.3, 0.4) is 0 Å². The Bertz CT molecular complexity index is 1150. The minimum Gasteiger partial charge on any atom is -0.482 e. The van der Waals surface area contributed by atoms with Crippen LogP contribution >= 0.6 is 11.6 Å². The quantitative estimate of drug-likeness (QED) is 0.555. The third-order valence-electron chi connectivity index (χ3n) is 3.83. The summed E-state index contributed by atoms with van der Waals surface area (Å²) >= 11 is 6.06. The van der Waals surface area contributed by atoms with Gasteiger partial charge in [0, 0.05) is 5.69 Å². The monoisotopic (exact) mass is 452 g/mol. The zero-order chi connectivity index (χ0) is 21.7. The second kappa shape index (κ2) is 9.10. The van der Waals surface area contributed by atoms with Gasteiger partial charge in [0.25, 0.3) is 15.9 Å². The minimum atomic E-state index is -3.89. The van der Waals surface area contributed by atoms with Crippen LogP contribution in [-0.4, -0.2) is 20.9 Å². The summed E-state index contributed by atoms with van der Waals surface area (Å²) in [4.78, 5) is 11.8. The molecule has 0 aliphatic heterocycles. The average Bonchev–Trinajstić information content (AvgIpc) is 2.70. The fraction of sp³-hybridized carbons (Fsp3) is 0.0500. The van der Waals surface area contributed by atoms with Crippen LogP contribution < -0.4 is 14.8 Å². The number of rotatable bonds is 7. The molecule has 0 atom stereocenters. The molecule has 0 heterocycles. The molecule has 30 heavy (non-hydrogen) atoms. The molecule has 3 aromatic carbocycles. The van der Waals surface area contributed by atoms with Crippen LogP contribution in [0.4, 0.5) is 20.2 Å². The topological polar surface area (TPSA) is 84.5 Å². The van der Waals surface area contributed by atoms with E-state index in [0.717, 1.165) is 18.2 Å². The van der Waals surface area contributed by atoms with E-state index in [4.69, 9.17) is 16.3 Å². The summed E-state index contributed by atoms with van der Waals surface area (Å²) < 4.78 is 59.7. The van der Waals surface area contributed by atoms with Gasteiger partial charge >= 0.3 is 0 Å². The molecule has 0 bridgehead atoms. The molecule has 0 fully saturated rings. The second-order valence-corrected chi connectivity index (χ2v) is 8.09. The van der Waals surface area contributed by atoms with Gasteiger partial charge in [-0.2, -0.15) is 0 Å². The van der Waals surface area contributed by atoms with E-state index < -0.39 is 39.9 Å². The van der Waals surface area contributed by atoms with E-state index in [9.17, 15) is 22.0 Å². The maximum absolute atomic E-state index is 13.6. The van der Waals surface area contributed by atoms with E-state index >= 15 is 0 Å². The lowest BCUT2D eigenvalue weighted by atomic mass is 10.3. The first-order valence-corrected chi connectivity index (χ1v) is 10.4. The van der Waals surface area contributed by atoms with Crippen LogP contribution in [0.2, 0.25) is 5.02 Å². The molecule has 3 aromatic rings. The normalized spacial score (nSPS) is 11.0. The van der Waals surface area contributed by atoms with Crippen LogP contribution in [0.15, 0.2) is 71.6 Å². The van der Waals surface area contributed by atoms with Gasteiger partial charge < -0.3 is 10.1 Å². The maximum Gasteiger partial charge on any atom is 0.262 e. The van der Waals surface area contributed by atoms with Crippen LogP contribution in [0, 0.1) is 11.6 Å². The van der Waals surface area contributed by atoms with Gasteiger partial charge in [-0.05, 0) is 42.5 Å². The van der Waals surface area contributed by atoms with Crippen LogP contribution in [0.5, 0.6) is 5.75 Å². The zero-order valence-corrected chi connectivity index (χ0v) is 16.8. The van der Waals surface area contributed by atoms with Crippen molar-refractivity contribution in [2.75, 3.05) is 16.6 Å². The molecule has 0 unspecified atom stereocenters. The maximum atomic E-state index is 13.6. The Kier molecular flexibility index (Phi) is 6.53. The molecule has 0 saturated heterocycles. The molecule has 156 valence electrons. The lowest BCUT2D eigenvalue weighted by Gasteiger charge is -2.12. The molecule has 0 saturated carbocycles. The van der Waals surface area contributed by atoms with Crippen molar-refractivity contribution in [2.24, 2.45) is 0 Å². The van der Waals surface area contributed by atoms with Crippen LogP contribution in [-0.2, 0) is 14.8 Å². The van der Waals surface area contributed by atoms with Crippen molar-refractivity contribution in [1.82, 2.24) is 0 Å². The number of carbonyl (C=O) groups excluding carboxylic acids is 1. The van der Waals surface area contributed by atoms with Gasteiger partial charge in [0.2, 0.25) is 0 Å². The number of nitrogens with one attached hydrogen (secondary N) is 2. The number of hydrogen-bond donors (Lipinski definition) is 2. The van der Waals surface area contributed by atoms with E-state index in [1.807, 2.05) is 0 Å². The van der Waals surface area contributed by atoms with Gasteiger partial charge in [-0.3, -0.25) is 9.52 Å². The van der Waals surface area contributed by atoms with E-state index in [-0.39, 0.29) is 15.7 Å². The second-order valence-electron chi connectivity index (χ2n) is 6.00. The SMILES string of the molecule is O=C(COc1ccc(S(=O)(=O)Nc2ccccc2)cc1Cl)Nc1c(F)cccc1F. The molecule has 3 rings (SSSR count). The fourth-order valence-electron chi connectivity index (χ4n) is 2.42. The first kappa shape index (κ1) is 21.5. The predicted molar refractivity (Wildman–Crippen MR) is 109 cm³/mol. The van der Waals surface area contributed by atoms with E-state index in [1.165, 1.54) is 18.2 Å². The molecule has 2 N–H and O–H groups in total. The molecule has 0 spiro atoms. The Morgan fingerprint density at radius 1 is 0.967 bits per heavy atom. The number of anilines is 2.